The predicted octanol–water partition coefficient (Wildman–Crippen LogP) is 4.50. The maximum atomic E-state index is 12.8. The Labute approximate surface area is 120 Å². The summed E-state index contributed by atoms with van der Waals surface area (Å²) in [5.74, 6) is -0.163. The second kappa shape index (κ2) is 7.81. The zero-order valence-electron chi connectivity index (χ0n) is 12.0. The van der Waals surface area contributed by atoms with Crippen LogP contribution in [-0.4, -0.2) is 6.54 Å². The van der Waals surface area contributed by atoms with Gasteiger partial charge in [-0.25, -0.2) is 4.39 Å². The lowest BCUT2D eigenvalue weighted by Crippen LogP contribution is -2.20. The quantitative estimate of drug-likeness (QED) is 0.782. The molecule has 0 radical (unpaired) electrons. The van der Waals surface area contributed by atoms with Crippen molar-refractivity contribution >= 4 is 0 Å². The molecule has 1 unspecified atom stereocenters. The molecule has 2 rings (SSSR count). The fraction of sp³-hybridized carbons (Fsp3) is 0.333. The summed E-state index contributed by atoms with van der Waals surface area (Å²) < 4.78 is 12.8. The monoisotopic (exact) mass is 271 g/mol. The molecule has 0 aliphatic heterocycles. The summed E-state index contributed by atoms with van der Waals surface area (Å²) in [4.78, 5) is 0. The van der Waals surface area contributed by atoms with E-state index in [2.05, 4.69) is 36.5 Å². The Kier molecular flexibility index (Phi) is 5.75. The van der Waals surface area contributed by atoms with E-state index in [9.17, 15) is 4.39 Å². The minimum Gasteiger partial charge on any atom is -0.310 e. The summed E-state index contributed by atoms with van der Waals surface area (Å²) in [5.41, 5.74) is 2.54. The Balaban J connectivity index is 1.88. The summed E-state index contributed by atoms with van der Waals surface area (Å²) >= 11 is 0. The van der Waals surface area contributed by atoms with E-state index in [0.29, 0.717) is 6.04 Å². The van der Waals surface area contributed by atoms with E-state index in [1.54, 1.807) is 0 Å². The van der Waals surface area contributed by atoms with Crippen molar-refractivity contribution < 1.29 is 4.39 Å². The van der Waals surface area contributed by atoms with Crippen LogP contribution in [0, 0.1) is 5.82 Å². The second-order valence-electron chi connectivity index (χ2n) is 5.04. The third-order valence-corrected chi connectivity index (χ3v) is 3.52. The first-order valence-electron chi connectivity index (χ1n) is 7.32. The average molecular weight is 271 g/mol. The molecule has 1 N–H and O–H groups in total. The Morgan fingerprint density at radius 3 is 2.35 bits per heavy atom. The summed E-state index contributed by atoms with van der Waals surface area (Å²) in [7, 11) is 0. The molecule has 20 heavy (non-hydrogen) atoms. The van der Waals surface area contributed by atoms with Gasteiger partial charge in [0.1, 0.15) is 5.82 Å². The van der Waals surface area contributed by atoms with Gasteiger partial charge in [-0.1, -0.05) is 49.4 Å². The molecule has 2 aromatic carbocycles. The molecular formula is C18H22FN. The average Bonchev–Trinajstić information content (AvgIpc) is 2.49. The van der Waals surface area contributed by atoms with Crippen molar-refractivity contribution in [3.05, 3.63) is 71.5 Å². The standard InChI is InChI=1S/C18H22FN/c1-2-20-18(16-8-4-3-5-9-16)10-6-7-15-11-13-17(19)14-12-15/h3-5,8-9,11-14,18,20H,2,6-7,10H2,1H3. The van der Waals surface area contributed by atoms with E-state index in [4.69, 9.17) is 0 Å². The first-order chi connectivity index (χ1) is 9.79. The maximum Gasteiger partial charge on any atom is 0.123 e. The van der Waals surface area contributed by atoms with Gasteiger partial charge in [0.05, 0.1) is 0 Å². The van der Waals surface area contributed by atoms with Gasteiger partial charge in [0.25, 0.3) is 0 Å². The number of rotatable bonds is 7. The third kappa shape index (κ3) is 4.46. The highest BCUT2D eigenvalue weighted by Gasteiger charge is 2.09. The first-order valence-corrected chi connectivity index (χ1v) is 7.32. The van der Waals surface area contributed by atoms with Gasteiger partial charge in [-0.3, -0.25) is 0 Å². The van der Waals surface area contributed by atoms with Gasteiger partial charge in [-0.05, 0) is 49.1 Å². The fourth-order valence-electron chi connectivity index (χ4n) is 2.48. The van der Waals surface area contributed by atoms with Crippen LogP contribution in [0.1, 0.15) is 36.9 Å². The van der Waals surface area contributed by atoms with Crippen molar-refractivity contribution in [1.29, 1.82) is 0 Å². The molecule has 0 saturated heterocycles. The van der Waals surface area contributed by atoms with Crippen LogP contribution in [0.25, 0.3) is 0 Å². The zero-order valence-corrected chi connectivity index (χ0v) is 12.0. The second-order valence-corrected chi connectivity index (χ2v) is 5.04. The lowest BCUT2D eigenvalue weighted by Gasteiger charge is -2.18. The Morgan fingerprint density at radius 2 is 1.70 bits per heavy atom. The van der Waals surface area contributed by atoms with Gasteiger partial charge < -0.3 is 5.32 Å². The molecule has 0 amide bonds. The maximum absolute atomic E-state index is 12.8. The molecule has 106 valence electrons. The molecule has 0 spiro atoms. The van der Waals surface area contributed by atoms with Crippen molar-refractivity contribution in [3.63, 3.8) is 0 Å². The highest BCUT2D eigenvalue weighted by molar-refractivity contribution is 5.19. The summed E-state index contributed by atoms with van der Waals surface area (Å²) in [6.07, 6.45) is 3.18. The van der Waals surface area contributed by atoms with Crippen LogP contribution in [-0.2, 0) is 6.42 Å². The summed E-state index contributed by atoms with van der Waals surface area (Å²) in [5, 5.41) is 3.53. The molecule has 0 aliphatic rings. The molecule has 0 aromatic heterocycles. The Hall–Kier alpha value is -1.67. The number of benzene rings is 2. The van der Waals surface area contributed by atoms with Gasteiger partial charge in [0.15, 0.2) is 0 Å². The highest BCUT2D eigenvalue weighted by atomic mass is 19.1. The highest BCUT2D eigenvalue weighted by Crippen LogP contribution is 2.19. The largest absolute Gasteiger partial charge is 0.310 e. The first kappa shape index (κ1) is 14.7. The molecule has 0 aliphatic carbocycles. The van der Waals surface area contributed by atoms with E-state index in [-0.39, 0.29) is 5.82 Å². The molecule has 0 saturated carbocycles. The van der Waals surface area contributed by atoms with Crippen LogP contribution in [0.5, 0.6) is 0 Å². The minimum atomic E-state index is -0.163. The van der Waals surface area contributed by atoms with Crippen LogP contribution in [0.2, 0.25) is 0 Å². The van der Waals surface area contributed by atoms with E-state index < -0.39 is 0 Å². The lowest BCUT2D eigenvalue weighted by molar-refractivity contribution is 0.498. The Bertz CT molecular complexity index is 493. The van der Waals surface area contributed by atoms with Crippen LogP contribution < -0.4 is 5.32 Å². The van der Waals surface area contributed by atoms with Gasteiger partial charge in [0, 0.05) is 6.04 Å². The van der Waals surface area contributed by atoms with Crippen LogP contribution >= 0.6 is 0 Å². The van der Waals surface area contributed by atoms with Crippen molar-refractivity contribution in [2.75, 3.05) is 6.54 Å². The molecule has 0 bridgehead atoms. The fourth-order valence-corrected chi connectivity index (χ4v) is 2.48. The van der Waals surface area contributed by atoms with Gasteiger partial charge in [-0.2, -0.15) is 0 Å². The topological polar surface area (TPSA) is 12.0 Å². The molecule has 2 aromatic rings. The number of halogens is 1. The molecular weight excluding hydrogens is 249 g/mol. The van der Waals surface area contributed by atoms with Crippen LogP contribution in [0.3, 0.4) is 0 Å². The van der Waals surface area contributed by atoms with E-state index in [1.165, 1.54) is 23.3 Å². The lowest BCUT2D eigenvalue weighted by atomic mass is 9.99. The SMILES string of the molecule is CCNC(CCCc1ccc(F)cc1)c1ccccc1. The van der Waals surface area contributed by atoms with Gasteiger partial charge >= 0.3 is 0 Å². The van der Waals surface area contributed by atoms with Crippen molar-refractivity contribution in [2.45, 2.75) is 32.2 Å². The molecule has 0 heterocycles. The number of hydrogen-bond acceptors (Lipinski definition) is 1. The molecule has 1 atom stereocenters. The van der Waals surface area contributed by atoms with Gasteiger partial charge in [0.2, 0.25) is 0 Å². The number of nitrogens with one attached hydrogen (secondary N) is 1. The Morgan fingerprint density at radius 1 is 1.00 bits per heavy atom. The van der Waals surface area contributed by atoms with Crippen molar-refractivity contribution in [2.24, 2.45) is 0 Å². The third-order valence-electron chi connectivity index (χ3n) is 3.52. The van der Waals surface area contributed by atoms with E-state index in [1.807, 2.05) is 18.2 Å². The van der Waals surface area contributed by atoms with Crippen molar-refractivity contribution in [3.8, 4) is 0 Å². The summed E-state index contributed by atoms with van der Waals surface area (Å²) in [6.45, 7) is 3.10. The van der Waals surface area contributed by atoms with E-state index >= 15 is 0 Å². The zero-order chi connectivity index (χ0) is 14.2. The van der Waals surface area contributed by atoms with Crippen LogP contribution in [0.15, 0.2) is 54.6 Å². The van der Waals surface area contributed by atoms with Crippen molar-refractivity contribution in [1.82, 2.24) is 5.32 Å². The summed E-state index contributed by atoms with van der Waals surface area (Å²) in [6, 6.07) is 17.8. The van der Waals surface area contributed by atoms with E-state index in [0.717, 1.165) is 25.8 Å². The normalized spacial score (nSPS) is 12.3. The molecule has 1 nitrogen and oxygen atoms in total. The van der Waals surface area contributed by atoms with Crippen LogP contribution in [0.4, 0.5) is 4.39 Å². The number of hydrogen-bond donors (Lipinski definition) is 1. The smallest absolute Gasteiger partial charge is 0.123 e. The predicted molar refractivity (Wildman–Crippen MR) is 82.2 cm³/mol. The minimum absolute atomic E-state index is 0.163. The molecule has 2 heteroatoms. The number of aryl methyl sites for hydroxylation is 1. The van der Waals surface area contributed by atoms with Gasteiger partial charge in [-0.15, -0.1) is 0 Å². The molecule has 0 fully saturated rings.